The molecule has 0 saturated carbocycles. The maximum atomic E-state index is 2.48. The van der Waals surface area contributed by atoms with Crippen LogP contribution in [0.3, 0.4) is 0 Å². The minimum atomic E-state index is -1.66. The molecule has 0 N–H and O–H groups in total. The van der Waals surface area contributed by atoms with Gasteiger partial charge < -0.3 is 0 Å². The largest absolute Gasteiger partial charge is 0.144 e. The Labute approximate surface area is 133 Å². The van der Waals surface area contributed by atoms with Crippen molar-refractivity contribution < 1.29 is 0 Å². The topological polar surface area (TPSA) is 0 Å². The lowest BCUT2D eigenvalue weighted by atomic mass is 10.3. The predicted molar refractivity (Wildman–Crippen MR) is 100 cm³/mol. The van der Waals surface area contributed by atoms with E-state index < -0.39 is 8.07 Å². The van der Waals surface area contributed by atoms with Crippen LogP contribution in [0, 0.1) is 0 Å². The molecule has 4 aromatic rings. The first-order valence-corrected chi connectivity index (χ1v) is 11.9. The van der Waals surface area contributed by atoms with Crippen molar-refractivity contribution in [2.24, 2.45) is 0 Å². The number of thiophene rings is 2. The minimum Gasteiger partial charge on any atom is -0.144 e. The smallest absolute Gasteiger partial charge is 0.116 e. The van der Waals surface area contributed by atoms with Gasteiger partial charge in [-0.2, -0.15) is 0 Å². The van der Waals surface area contributed by atoms with Gasteiger partial charge in [-0.1, -0.05) is 49.5 Å². The molecule has 21 heavy (non-hydrogen) atoms. The normalized spacial score (nSPS) is 12.3. The Bertz CT molecular complexity index is 854. The highest BCUT2D eigenvalue weighted by Crippen LogP contribution is 2.26. The summed E-state index contributed by atoms with van der Waals surface area (Å²) in [6, 6.07) is 17.6. The zero-order valence-corrected chi connectivity index (χ0v) is 14.7. The molecule has 0 aliphatic carbocycles. The number of hydrogen-bond donors (Lipinski definition) is 0. The summed E-state index contributed by atoms with van der Waals surface area (Å²) in [6.07, 6.45) is 0. The van der Waals surface area contributed by atoms with Gasteiger partial charge in [0, 0.05) is 9.40 Å². The maximum absolute atomic E-state index is 2.48. The highest BCUT2D eigenvalue weighted by atomic mass is 32.1. The average Bonchev–Trinajstić information content (AvgIpc) is 3.12. The van der Waals surface area contributed by atoms with E-state index in [0.717, 1.165) is 0 Å². The van der Waals surface area contributed by atoms with Gasteiger partial charge in [0.15, 0.2) is 0 Å². The summed E-state index contributed by atoms with van der Waals surface area (Å²) in [5, 5.41) is 10.8. The van der Waals surface area contributed by atoms with E-state index in [1.54, 1.807) is 10.4 Å². The van der Waals surface area contributed by atoms with Gasteiger partial charge in [0.2, 0.25) is 0 Å². The van der Waals surface area contributed by atoms with Gasteiger partial charge in [0.25, 0.3) is 0 Å². The molecule has 0 fully saturated rings. The summed E-state index contributed by atoms with van der Waals surface area (Å²) >= 11 is 3.76. The number of fused-ring (bicyclic) bond motifs is 2. The van der Waals surface area contributed by atoms with Crippen LogP contribution in [-0.2, 0) is 0 Å². The summed E-state index contributed by atoms with van der Waals surface area (Å²) in [7, 11) is -1.66. The molecular formula is C18H16S2Si. The standard InChI is InChI=1S/C18H16S2Si/c1-21(2,17-11-19-15-9-5-3-7-13(15)17)18-12-20-16-10-6-4-8-14(16)18/h3-12H,1-2H3. The van der Waals surface area contributed by atoms with Crippen molar-refractivity contribution in [3.05, 3.63) is 59.3 Å². The van der Waals surface area contributed by atoms with Crippen LogP contribution < -0.4 is 10.4 Å². The highest BCUT2D eigenvalue weighted by molar-refractivity contribution is 7.23. The summed E-state index contributed by atoms with van der Waals surface area (Å²) in [5.41, 5.74) is 0. The average molecular weight is 325 g/mol. The van der Waals surface area contributed by atoms with Crippen LogP contribution in [0.25, 0.3) is 20.2 Å². The van der Waals surface area contributed by atoms with Crippen molar-refractivity contribution in [3.8, 4) is 0 Å². The third-order valence-electron chi connectivity index (χ3n) is 4.31. The monoisotopic (exact) mass is 324 g/mol. The van der Waals surface area contributed by atoms with E-state index in [1.165, 1.54) is 20.2 Å². The van der Waals surface area contributed by atoms with Crippen LogP contribution in [0.2, 0.25) is 13.1 Å². The fraction of sp³-hybridized carbons (Fsp3) is 0.111. The van der Waals surface area contributed by atoms with Crippen molar-refractivity contribution >= 4 is 61.3 Å². The van der Waals surface area contributed by atoms with Crippen molar-refractivity contribution in [1.29, 1.82) is 0 Å². The predicted octanol–water partition coefficient (Wildman–Crippen LogP) is 4.94. The molecule has 2 aromatic heterocycles. The van der Waals surface area contributed by atoms with Gasteiger partial charge in [0.1, 0.15) is 8.07 Å². The molecule has 0 amide bonds. The molecule has 3 heteroatoms. The Kier molecular flexibility index (Phi) is 3.03. The molecule has 2 heterocycles. The lowest BCUT2D eigenvalue weighted by molar-refractivity contribution is 1.81. The zero-order valence-electron chi connectivity index (χ0n) is 12.1. The van der Waals surface area contributed by atoms with Crippen molar-refractivity contribution in [1.82, 2.24) is 0 Å². The molecule has 0 aliphatic heterocycles. The van der Waals surface area contributed by atoms with Crippen molar-refractivity contribution in [3.63, 3.8) is 0 Å². The second kappa shape index (κ2) is 4.80. The Balaban J connectivity index is 1.97. The van der Waals surface area contributed by atoms with Gasteiger partial charge in [-0.3, -0.25) is 0 Å². The molecule has 0 aliphatic rings. The van der Waals surface area contributed by atoms with E-state index >= 15 is 0 Å². The Morgan fingerprint density at radius 1 is 0.667 bits per heavy atom. The zero-order chi connectivity index (χ0) is 14.4. The fourth-order valence-corrected chi connectivity index (χ4v) is 9.70. The van der Waals surface area contributed by atoms with Gasteiger partial charge >= 0.3 is 0 Å². The van der Waals surface area contributed by atoms with E-state index in [1.807, 2.05) is 22.7 Å². The molecule has 104 valence electrons. The quantitative estimate of drug-likeness (QED) is 0.458. The molecular weight excluding hydrogens is 308 g/mol. The van der Waals surface area contributed by atoms with E-state index in [-0.39, 0.29) is 0 Å². The number of benzene rings is 2. The summed E-state index contributed by atoms with van der Waals surface area (Å²) in [5.74, 6) is 0. The first-order chi connectivity index (χ1) is 10.2. The summed E-state index contributed by atoms with van der Waals surface area (Å²) < 4.78 is 2.82. The van der Waals surface area contributed by atoms with E-state index in [9.17, 15) is 0 Å². The fourth-order valence-electron chi connectivity index (χ4n) is 3.07. The maximum Gasteiger partial charge on any atom is 0.116 e. The van der Waals surface area contributed by atoms with Gasteiger partial charge in [-0.05, 0) is 44.0 Å². The van der Waals surface area contributed by atoms with Crippen LogP contribution >= 0.6 is 22.7 Å². The van der Waals surface area contributed by atoms with E-state index in [4.69, 9.17) is 0 Å². The third-order valence-corrected chi connectivity index (χ3v) is 10.2. The van der Waals surface area contributed by atoms with Crippen LogP contribution in [0.1, 0.15) is 0 Å². The Morgan fingerprint density at radius 2 is 1.10 bits per heavy atom. The van der Waals surface area contributed by atoms with Crippen molar-refractivity contribution in [2.45, 2.75) is 13.1 Å². The van der Waals surface area contributed by atoms with Crippen LogP contribution in [0.15, 0.2) is 59.3 Å². The van der Waals surface area contributed by atoms with Crippen LogP contribution in [-0.4, -0.2) is 8.07 Å². The van der Waals surface area contributed by atoms with Gasteiger partial charge in [0.05, 0.1) is 0 Å². The second-order valence-electron chi connectivity index (χ2n) is 5.92. The first-order valence-electron chi connectivity index (χ1n) is 7.11. The lowest BCUT2D eigenvalue weighted by Crippen LogP contribution is -2.52. The molecule has 0 spiro atoms. The third kappa shape index (κ3) is 2.00. The van der Waals surface area contributed by atoms with Gasteiger partial charge in [-0.25, -0.2) is 0 Å². The molecule has 0 atom stereocenters. The van der Waals surface area contributed by atoms with Gasteiger partial charge in [-0.15, -0.1) is 22.7 Å². The first kappa shape index (κ1) is 13.3. The lowest BCUT2D eigenvalue weighted by Gasteiger charge is -2.22. The molecule has 0 bridgehead atoms. The van der Waals surface area contributed by atoms with E-state index in [2.05, 4.69) is 72.4 Å². The molecule has 4 rings (SSSR count). The molecule has 0 nitrogen and oxygen atoms in total. The SMILES string of the molecule is C[Si](C)(c1csc2ccccc12)c1csc2ccccc12. The number of rotatable bonds is 2. The van der Waals surface area contributed by atoms with Crippen LogP contribution in [0.5, 0.6) is 0 Å². The molecule has 2 aromatic carbocycles. The molecule has 0 unspecified atom stereocenters. The Morgan fingerprint density at radius 3 is 1.57 bits per heavy atom. The summed E-state index contributed by atoms with van der Waals surface area (Å²) in [6.45, 7) is 4.96. The Hall–Kier alpha value is -1.42. The molecule has 0 saturated heterocycles. The highest BCUT2D eigenvalue weighted by Gasteiger charge is 2.30. The van der Waals surface area contributed by atoms with E-state index in [0.29, 0.717) is 0 Å². The van der Waals surface area contributed by atoms with Crippen LogP contribution in [0.4, 0.5) is 0 Å². The second-order valence-corrected chi connectivity index (χ2v) is 12.1. The number of hydrogen-bond acceptors (Lipinski definition) is 2. The minimum absolute atomic E-state index is 1.41. The molecule has 0 radical (unpaired) electrons. The van der Waals surface area contributed by atoms with Crippen molar-refractivity contribution in [2.75, 3.05) is 0 Å². The summed E-state index contributed by atoms with van der Waals surface area (Å²) in [4.78, 5) is 0.